The van der Waals surface area contributed by atoms with Gasteiger partial charge in [-0.25, -0.2) is 0 Å². The molecule has 0 aliphatic rings. The van der Waals surface area contributed by atoms with Gasteiger partial charge in [-0.05, 0) is 36.1 Å². The molecule has 0 saturated heterocycles. The van der Waals surface area contributed by atoms with E-state index in [4.69, 9.17) is 11.6 Å². The van der Waals surface area contributed by atoms with Gasteiger partial charge in [0.2, 0.25) is 12.3 Å². The monoisotopic (exact) mass is 344 g/mol. The van der Waals surface area contributed by atoms with Crippen LogP contribution in [0.4, 0.5) is 0 Å². The van der Waals surface area contributed by atoms with Crippen molar-refractivity contribution in [1.82, 2.24) is 10.6 Å². The van der Waals surface area contributed by atoms with Crippen LogP contribution in [-0.4, -0.2) is 24.9 Å². The lowest BCUT2D eigenvalue weighted by atomic mass is 10.1. The van der Waals surface area contributed by atoms with Crippen molar-refractivity contribution >= 4 is 23.9 Å². The van der Waals surface area contributed by atoms with E-state index < -0.39 is 0 Å². The zero-order chi connectivity index (χ0) is 17.2. The van der Waals surface area contributed by atoms with Crippen molar-refractivity contribution in [2.45, 2.75) is 25.3 Å². The molecule has 5 heteroatoms. The van der Waals surface area contributed by atoms with Gasteiger partial charge in [-0.3, -0.25) is 9.59 Å². The van der Waals surface area contributed by atoms with Gasteiger partial charge in [0.25, 0.3) is 0 Å². The Morgan fingerprint density at radius 1 is 1.04 bits per heavy atom. The number of carbonyl (C=O) groups excluding carboxylic acids is 2. The highest BCUT2D eigenvalue weighted by atomic mass is 35.5. The maximum Gasteiger partial charge on any atom is 0.224 e. The lowest BCUT2D eigenvalue weighted by Gasteiger charge is -2.17. The van der Waals surface area contributed by atoms with Crippen LogP contribution in [0.3, 0.4) is 0 Å². The highest BCUT2D eigenvalue weighted by Crippen LogP contribution is 2.10. The highest BCUT2D eigenvalue weighted by molar-refractivity contribution is 6.30. The van der Waals surface area contributed by atoms with Gasteiger partial charge in [-0.2, -0.15) is 0 Å². The number of rotatable bonds is 9. The van der Waals surface area contributed by atoms with Crippen molar-refractivity contribution in [3.8, 4) is 0 Å². The van der Waals surface area contributed by atoms with Crippen molar-refractivity contribution in [3.63, 3.8) is 0 Å². The minimum absolute atomic E-state index is 0.0743. The molecule has 2 N–H and O–H groups in total. The molecule has 2 amide bonds. The molecular weight excluding hydrogens is 324 g/mol. The van der Waals surface area contributed by atoms with E-state index in [2.05, 4.69) is 22.8 Å². The molecular formula is C19H21ClN2O2. The average molecular weight is 345 g/mol. The Morgan fingerprint density at radius 3 is 2.42 bits per heavy atom. The van der Waals surface area contributed by atoms with E-state index in [1.807, 2.05) is 30.3 Å². The molecule has 0 spiro atoms. The van der Waals surface area contributed by atoms with Crippen molar-refractivity contribution in [2.24, 2.45) is 0 Å². The molecule has 0 aromatic heterocycles. The van der Waals surface area contributed by atoms with E-state index in [0.29, 0.717) is 24.4 Å². The van der Waals surface area contributed by atoms with E-state index in [1.165, 1.54) is 5.56 Å². The smallest absolute Gasteiger partial charge is 0.224 e. The summed E-state index contributed by atoms with van der Waals surface area (Å²) in [4.78, 5) is 22.8. The van der Waals surface area contributed by atoms with Gasteiger partial charge in [0, 0.05) is 17.6 Å². The number of halogens is 1. The highest BCUT2D eigenvalue weighted by Gasteiger charge is 2.10. The first kappa shape index (κ1) is 18.0. The summed E-state index contributed by atoms with van der Waals surface area (Å²) in [6, 6.07) is 17.2. The Labute approximate surface area is 147 Å². The molecule has 0 aliphatic carbocycles. The first-order valence-corrected chi connectivity index (χ1v) is 8.30. The van der Waals surface area contributed by atoms with Gasteiger partial charge in [0.1, 0.15) is 0 Å². The molecule has 2 rings (SSSR count). The van der Waals surface area contributed by atoms with Crippen molar-refractivity contribution < 1.29 is 9.59 Å². The summed E-state index contributed by atoms with van der Waals surface area (Å²) in [5.74, 6) is -0.0743. The fourth-order valence-corrected chi connectivity index (χ4v) is 2.54. The molecule has 0 saturated carbocycles. The lowest BCUT2D eigenvalue weighted by molar-refractivity contribution is -0.120. The normalized spacial score (nSPS) is 11.5. The second-order valence-corrected chi connectivity index (χ2v) is 6.05. The fourth-order valence-electron chi connectivity index (χ4n) is 2.41. The maximum absolute atomic E-state index is 12.0. The van der Waals surface area contributed by atoms with Crippen LogP contribution in [0.2, 0.25) is 5.02 Å². The molecule has 0 unspecified atom stereocenters. The van der Waals surface area contributed by atoms with Crippen LogP contribution in [0.15, 0.2) is 54.6 Å². The van der Waals surface area contributed by atoms with E-state index in [1.54, 1.807) is 12.1 Å². The number of hydrogen-bond donors (Lipinski definition) is 2. The average Bonchev–Trinajstić information content (AvgIpc) is 2.60. The number of benzene rings is 2. The predicted octanol–water partition coefficient (Wildman–Crippen LogP) is 2.75. The van der Waals surface area contributed by atoms with Crippen molar-refractivity contribution in [1.29, 1.82) is 0 Å². The van der Waals surface area contributed by atoms with Crippen LogP contribution in [-0.2, 0) is 22.4 Å². The second kappa shape index (κ2) is 9.73. The first-order valence-electron chi connectivity index (χ1n) is 7.92. The third-order valence-corrected chi connectivity index (χ3v) is 4.00. The first-order chi connectivity index (χ1) is 11.7. The number of aryl methyl sites for hydroxylation is 1. The minimum atomic E-state index is -0.0862. The van der Waals surface area contributed by atoms with Crippen LogP contribution < -0.4 is 10.6 Å². The lowest BCUT2D eigenvalue weighted by Crippen LogP contribution is -2.41. The van der Waals surface area contributed by atoms with Gasteiger partial charge >= 0.3 is 0 Å². The topological polar surface area (TPSA) is 58.2 Å². The summed E-state index contributed by atoms with van der Waals surface area (Å²) < 4.78 is 0. The van der Waals surface area contributed by atoms with Crippen molar-refractivity contribution in [2.75, 3.05) is 6.54 Å². The fraction of sp³-hybridized carbons (Fsp3) is 0.263. The standard InChI is InChI=1S/C19H21ClN2O2/c20-17-9-6-16(7-10-17)12-19(24)21-13-18(22-14-23)11-8-15-4-2-1-3-5-15/h1-7,9-10,14,18H,8,11-13H2,(H,21,24)(H,22,23)/t18-/m0/s1. The van der Waals surface area contributed by atoms with Crippen molar-refractivity contribution in [3.05, 3.63) is 70.7 Å². The van der Waals surface area contributed by atoms with Crippen LogP contribution in [0, 0.1) is 0 Å². The summed E-state index contributed by atoms with van der Waals surface area (Å²) in [7, 11) is 0. The van der Waals surface area contributed by atoms with Gasteiger partial charge in [-0.15, -0.1) is 0 Å². The molecule has 2 aromatic carbocycles. The minimum Gasteiger partial charge on any atom is -0.354 e. The molecule has 24 heavy (non-hydrogen) atoms. The number of nitrogens with one attached hydrogen (secondary N) is 2. The van der Waals surface area contributed by atoms with E-state index in [0.717, 1.165) is 18.4 Å². The van der Waals surface area contributed by atoms with Gasteiger partial charge in [0.05, 0.1) is 6.42 Å². The Hall–Kier alpha value is -2.33. The van der Waals surface area contributed by atoms with Gasteiger partial charge in [0.15, 0.2) is 0 Å². The predicted molar refractivity (Wildman–Crippen MR) is 95.9 cm³/mol. The number of carbonyl (C=O) groups is 2. The maximum atomic E-state index is 12.0. The molecule has 1 atom stereocenters. The number of hydrogen-bond acceptors (Lipinski definition) is 2. The molecule has 0 heterocycles. The Morgan fingerprint density at radius 2 is 1.75 bits per heavy atom. The number of amides is 2. The van der Waals surface area contributed by atoms with Crippen LogP contribution in [0.25, 0.3) is 0 Å². The third kappa shape index (κ3) is 6.42. The zero-order valence-electron chi connectivity index (χ0n) is 13.4. The Balaban J connectivity index is 1.78. The second-order valence-electron chi connectivity index (χ2n) is 5.61. The van der Waals surface area contributed by atoms with E-state index in [-0.39, 0.29) is 11.9 Å². The van der Waals surface area contributed by atoms with Crippen LogP contribution >= 0.6 is 11.6 Å². The summed E-state index contributed by atoms with van der Waals surface area (Å²) >= 11 is 5.83. The Kier molecular flexibility index (Phi) is 7.30. The molecule has 126 valence electrons. The molecule has 0 radical (unpaired) electrons. The Bertz CT molecular complexity index is 644. The largest absolute Gasteiger partial charge is 0.354 e. The zero-order valence-corrected chi connectivity index (χ0v) is 14.1. The summed E-state index contributed by atoms with van der Waals surface area (Å²) in [5.41, 5.74) is 2.11. The van der Waals surface area contributed by atoms with Crippen LogP contribution in [0.5, 0.6) is 0 Å². The van der Waals surface area contributed by atoms with Crippen LogP contribution in [0.1, 0.15) is 17.5 Å². The van der Waals surface area contributed by atoms with E-state index in [9.17, 15) is 9.59 Å². The summed E-state index contributed by atoms with van der Waals surface area (Å²) in [6.45, 7) is 0.415. The molecule has 2 aromatic rings. The molecule has 0 fully saturated rings. The van der Waals surface area contributed by atoms with Gasteiger partial charge < -0.3 is 10.6 Å². The van der Waals surface area contributed by atoms with Gasteiger partial charge in [-0.1, -0.05) is 54.1 Å². The SMILES string of the molecule is O=CN[C@@H](CCc1ccccc1)CNC(=O)Cc1ccc(Cl)cc1. The molecule has 0 aliphatic heterocycles. The molecule has 0 bridgehead atoms. The quantitative estimate of drug-likeness (QED) is 0.687. The van der Waals surface area contributed by atoms with E-state index >= 15 is 0 Å². The summed E-state index contributed by atoms with van der Waals surface area (Å²) in [5, 5.41) is 6.29. The molecule has 4 nitrogen and oxygen atoms in total. The summed E-state index contributed by atoms with van der Waals surface area (Å²) in [6.07, 6.45) is 2.59. The third-order valence-electron chi connectivity index (χ3n) is 3.75.